The van der Waals surface area contributed by atoms with E-state index in [-0.39, 0.29) is 0 Å². The minimum absolute atomic E-state index is 0.378. The molecule has 0 heterocycles. The molecule has 0 aliphatic carbocycles. The molecule has 5 nitrogen and oxygen atoms in total. The highest BCUT2D eigenvalue weighted by atomic mass is 32.2. The van der Waals surface area contributed by atoms with Crippen LogP contribution in [0.15, 0.2) is 0 Å². The lowest BCUT2D eigenvalue weighted by molar-refractivity contribution is -0.139. The smallest absolute Gasteiger partial charge is 0.326 e. The number of urea groups is 1. The lowest BCUT2D eigenvalue weighted by Gasteiger charge is -2.15. The normalized spacial score (nSPS) is 13.9. The Kier molecular flexibility index (Phi) is 7.80. The van der Waals surface area contributed by atoms with E-state index in [1.165, 1.54) is 0 Å². The predicted molar refractivity (Wildman–Crippen MR) is 65.8 cm³/mol. The number of thioether (sulfide) groups is 1. The van der Waals surface area contributed by atoms with Gasteiger partial charge in [-0.05, 0) is 24.3 Å². The fourth-order valence-corrected chi connectivity index (χ4v) is 1.84. The molecule has 0 aromatic rings. The van der Waals surface area contributed by atoms with Gasteiger partial charge in [0.05, 0.1) is 0 Å². The van der Waals surface area contributed by atoms with Gasteiger partial charge >= 0.3 is 12.0 Å². The molecule has 0 saturated heterocycles. The number of carboxylic acids is 1. The average Bonchev–Trinajstić information content (AvgIpc) is 2.23. The Balaban J connectivity index is 3.85. The van der Waals surface area contributed by atoms with Gasteiger partial charge in [0.1, 0.15) is 6.04 Å². The van der Waals surface area contributed by atoms with Crippen molar-refractivity contribution in [3.8, 4) is 0 Å². The molecule has 2 atom stereocenters. The standard InChI is InChI=1S/C10H20N2O3S/c1-4-8(9(13)14)12-10(15)11-5-7(2)6-16-3/h7-8H,4-6H2,1-3H3,(H,13,14)(H2,11,12,15). The zero-order valence-corrected chi connectivity index (χ0v) is 10.8. The molecule has 0 aliphatic heterocycles. The quantitative estimate of drug-likeness (QED) is 0.631. The zero-order chi connectivity index (χ0) is 12.6. The van der Waals surface area contributed by atoms with Gasteiger partial charge in [-0.3, -0.25) is 0 Å². The first-order valence-corrected chi connectivity index (χ1v) is 6.66. The summed E-state index contributed by atoms with van der Waals surface area (Å²) in [5.41, 5.74) is 0. The third-order valence-corrected chi connectivity index (χ3v) is 2.98. The lowest BCUT2D eigenvalue weighted by atomic mass is 10.2. The lowest BCUT2D eigenvalue weighted by Crippen LogP contribution is -2.46. The molecule has 0 radical (unpaired) electrons. The summed E-state index contributed by atoms with van der Waals surface area (Å²) in [6, 6.07) is -1.22. The van der Waals surface area contributed by atoms with Crippen LogP contribution in [0.25, 0.3) is 0 Å². The minimum atomic E-state index is -1.00. The fourth-order valence-electron chi connectivity index (χ4n) is 1.16. The maximum Gasteiger partial charge on any atom is 0.326 e. The summed E-state index contributed by atoms with van der Waals surface area (Å²) in [4.78, 5) is 22.0. The average molecular weight is 248 g/mol. The van der Waals surface area contributed by atoms with Crippen molar-refractivity contribution in [3.63, 3.8) is 0 Å². The van der Waals surface area contributed by atoms with Crippen LogP contribution in [-0.2, 0) is 4.79 Å². The van der Waals surface area contributed by atoms with E-state index in [4.69, 9.17) is 5.11 Å². The summed E-state index contributed by atoms with van der Waals surface area (Å²) in [6.45, 7) is 4.31. The Bertz CT molecular complexity index is 236. The van der Waals surface area contributed by atoms with Crippen LogP contribution in [0.4, 0.5) is 4.79 Å². The number of aliphatic carboxylic acids is 1. The Morgan fingerprint density at radius 1 is 1.44 bits per heavy atom. The molecule has 3 N–H and O–H groups in total. The molecular weight excluding hydrogens is 228 g/mol. The molecule has 0 bridgehead atoms. The van der Waals surface area contributed by atoms with Crippen LogP contribution in [0.3, 0.4) is 0 Å². The maximum atomic E-state index is 11.3. The van der Waals surface area contributed by atoms with Gasteiger partial charge in [0.25, 0.3) is 0 Å². The van der Waals surface area contributed by atoms with E-state index in [1.807, 2.05) is 13.2 Å². The zero-order valence-electron chi connectivity index (χ0n) is 9.95. The number of hydrogen-bond donors (Lipinski definition) is 3. The molecule has 0 aromatic heterocycles. The second kappa shape index (κ2) is 8.27. The second-order valence-corrected chi connectivity index (χ2v) is 4.62. The van der Waals surface area contributed by atoms with E-state index >= 15 is 0 Å². The third-order valence-electron chi connectivity index (χ3n) is 2.07. The van der Waals surface area contributed by atoms with E-state index in [9.17, 15) is 9.59 Å². The van der Waals surface area contributed by atoms with Crippen LogP contribution in [0.1, 0.15) is 20.3 Å². The van der Waals surface area contributed by atoms with Gasteiger partial charge in [-0.1, -0.05) is 13.8 Å². The van der Waals surface area contributed by atoms with Crippen molar-refractivity contribution >= 4 is 23.8 Å². The molecule has 94 valence electrons. The van der Waals surface area contributed by atoms with E-state index < -0.39 is 18.0 Å². The van der Waals surface area contributed by atoms with E-state index in [1.54, 1.807) is 18.7 Å². The number of carbonyl (C=O) groups is 2. The summed E-state index contributed by atoms with van der Waals surface area (Å²) in [5.74, 6) is 0.344. The molecule has 0 fully saturated rings. The maximum absolute atomic E-state index is 11.3. The van der Waals surface area contributed by atoms with Crippen LogP contribution in [0, 0.1) is 5.92 Å². The van der Waals surface area contributed by atoms with Crippen LogP contribution in [0.2, 0.25) is 0 Å². The molecule has 2 unspecified atom stereocenters. The van der Waals surface area contributed by atoms with E-state index in [0.717, 1.165) is 5.75 Å². The highest BCUT2D eigenvalue weighted by Gasteiger charge is 2.17. The highest BCUT2D eigenvalue weighted by molar-refractivity contribution is 7.98. The first kappa shape index (κ1) is 15.1. The van der Waals surface area contributed by atoms with Crippen molar-refractivity contribution < 1.29 is 14.7 Å². The number of amides is 2. The fraction of sp³-hybridized carbons (Fsp3) is 0.800. The largest absolute Gasteiger partial charge is 0.480 e. The summed E-state index contributed by atoms with van der Waals surface area (Å²) in [6.07, 6.45) is 2.39. The molecular formula is C10H20N2O3S. The molecule has 0 aliphatic rings. The van der Waals surface area contributed by atoms with Crippen molar-refractivity contribution in [3.05, 3.63) is 0 Å². The summed E-state index contributed by atoms with van der Waals surface area (Å²) in [7, 11) is 0. The Morgan fingerprint density at radius 2 is 2.06 bits per heavy atom. The molecule has 0 aromatic carbocycles. The summed E-state index contributed by atoms with van der Waals surface area (Å²) < 4.78 is 0. The van der Waals surface area contributed by atoms with Gasteiger partial charge in [0, 0.05) is 6.54 Å². The number of carbonyl (C=O) groups excluding carboxylic acids is 1. The van der Waals surface area contributed by atoms with Crippen LogP contribution < -0.4 is 10.6 Å². The summed E-state index contributed by atoms with van der Waals surface area (Å²) >= 11 is 1.72. The van der Waals surface area contributed by atoms with Crippen molar-refractivity contribution in [1.82, 2.24) is 10.6 Å². The first-order chi connectivity index (χ1) is 7.51. The van der Waals surface area contributed by atoms with Crippen molar-refractivity contribution in [2.24, 2.45) is 5.92 Å². The SMILES string of the molecule is CCC(NC(=O)NCC(C)CSC)C(=O)O. The molecule has 16 heavy (non-hydrogen) atoms. The third kappa shape index (κ3) is 6.55. The topological polar surface area (TPSA) is 78.4 Å². The highest BCUT2D eigenvalue weighted by Crippen LogP contribution is 2.02. The Morgan fingerprint density at radius 3 is 2.50 bits per heavy atom. The van der Waals surface area contributed by atoms with Gasteiger partial charge in [0.2, 0.25) is 0 Å². The monoisotopic (exact) mass is 248 g/mol. The van der Waals surface area contributed by atoms with Gasteiger partial charge < -0.3 is 15.7 Å². The Labute approximate surface area is 100 Å². The van der Waals surface area contributed by atoms with E-state index in [2.05, 4.69) is 10.6 Å². The van der Waals surface area contributed by atoms with Crippen LogP contribution in [-0.4, -0.2) is 41.7 Å². The van der Waals surface area contributed by atoms with Crippen LogP contribution in [0.5, 0.6) is 0 Å². The van der Waals surface area contributed by atoms with Crippen molar-refractivity contribution in [2.75, 3.05) is 18.6 Å². The minimum Gasteiger partial charge on any atom is -0.480 e. The summed E-state index contributed by atoms with van der Waals surface area (Å²) in [5, 5.41) is 13.8. The second-order valence-electron chi connectivity index (χ2n) is 3.71. The Hall–Kier alpha value is -0.910. The predicted octanol–water partition coefficient (Wildman–Crippen LogP) is 1.15. The molecule has 6 heteroatoms. The molecule has 0 spiro atoms. The van der Waals surface area contributed by atoms with Crippen molar-refractivity contribution in [1.29, 1.82) is 0 Å². The number of rotatable bonds is 7. The number of nitrogens with one attached hydrogen (secondary N) is 2. The van der Waals surface area contributed by atoms with Gasteiger partial charge in [-0.2, -0.15) is 11.8 Å². The molecule has 0 saturated carbocycles. The van der Waals surface area contributed by atoms with Gasteiger partial charge in [-0.25, -0.2) is 9.59 Å². The number of hydrogen-bond acceptors (Lipinski definition) is 3. The number of carboxylic acid groups (broad SMARTS) is 1. The molecule has 2 amide bonds. The first-order valence-electron chi connectivity index (χ1n) is 5.27. The van der Waals surface area contributed by atoms with Gasteiger partial charge in [-0.15, -0.1) is 0 Å². The van der Waals surface area contributed by atoms with Crippen molar-refractivity contribution in [2.45, 2.75) is 26.3 Å². The van der Waals surface area contributed by atoms with Gasteiger partial charge in [0.15, 0.2) is 0 Å². The molecule has 0 rings (SSSR count). The van der Waals surface area contributed by atoms with Crippen LogP contribution >= 0.6 is 11.8 Å². The van der Waals surface area contributed by atoms with E-state index in [0.29, 0.717) is 18.9 Å².